The lowest BCUT2D eigenvalue weighted by Gasteiger charge is -2.20. The van der Waals surface area contributed by atoms with Gasteiger partial charge in [-0.2, -0.15) is 0 Å². The SMILES string of the molecule is CC/C=C\C/C=C\C/C=C\C/C=C\C/C=C\C/C=C\CCC(=O)OC(COC(=O)CCCCC/C=C\C/C=C\C/C=C\C/C=C\C/C=C\CC)COP(=O)(O)OCC(N)C(=O)O. The normalized spacial score (nSPS) is 14.9. The van der Waals surface area contributed by atoms with Crippen LogP contribution in [-0.2, 0) is 37.5 Å². The summed E-state index contributed by atoms with van der Waals surface area (Å²) in [7, 11) is -4.76. The molecule has 0 radical (unpaired) electrons. The van der Waals surface area contributed by atoms with Crippen molar-refractivity contribution in [2.75, 3.05) is 19.8 Å². The maximum Gasteiger partial charge on any atom is 0.472 e. The van der Waals surface area contributed by atoms with Crippen LogP contribution < -0.4 is 5.73 Å². The number of carboxylic acids is 1. The van der Waals surface area contributed by atoms with E-state index in [0.717, 1.165) is 83.5 Å². The Morgan fingerprint density at radius 1 is 0.500 bits per heavy atom. The first-order valence-electron chi connectivity index (χ1n) is 22.2. The van der Waals surface area contributed by atoms with E-state index in [1.54, 1.807) is 0 Å². The molecule has 0 aliphatic carbocycles. The highest BCUT2D eigenvalue weighted by Gasteiger charge is 2.28. The van der Waals surface area contributed by atoms with Gasteiger partial charge in [0.05, 0.1) is 13.2 Å². The predicted octanol–water partition coefficient (Wildman–Crippen LogP) is 12.2. The molecular weight excluding hydrogens is 806 g/mol. The maximum atomic E-state index is 12.6. The third-order valence-electron chi connectivity index (χ3n) is 8.41. The lowest BCUT2D eigenvalue weighted by atomic mass is 10.1. The van der Waals surface area contributed by atoms with Crippen LogP contribution in [0.4, 0.5) is 0 Å². The Hall–Kier alpha value is -4.38. The van der Waals surface area contributed by atoms with Gasteiger partial charge >= 0.3 is 25.7 Å². The molecule has 0 aromatic rings. The topological polar surface area (TPSA) is 172 Å². The highest BCUT2D eigenvalue weighted by molar-refractivity contribution is 7.47. The van der Waals surface area contributed by atoms with Gasteiger partial charge in [0.2, 0.25) is 0 Å². The summed E-state index contributed by atoms with van der Waals surface area (Å²) in [5.41, 5.74) is 5.33. The van der Waals surface area contributed by atoms with Crippen molar-refractivity contribution >= 4 is 25.7 Å². The minimum atomic E-state index is -4.76. The van der Waals surface area contributed by atoms with Crippen molar-refractivity contribution in [2.45, 2.75) is 142 Å². The van der Waals surface area contributed by atoms with Gasteiger partial charge in [-0.1, -0.05) is 154 Å². The largest absolute Gasteiger partial charge is 0.480 e. The van der Waals surface area contributed by atoms with Crippen molar-refractivity contribution in [3.63, 3.8) is 0 Å². The molecule has 0 saturated heterocycles. The molecule has 0 aliphatic rings. The van der Waals surface area contributed by atoms with Crippen molar-refractivity contribution < 1.29 is 47.5 Å². The van der Waals surface area contributed by atoms with E-state index in [1.165, 1.54) is 0 Å². The van der Waals surface area contributed by atoms with Gasteiger partial charge in [-0.25, -0.2) is 4.57 Å². The third kappa shape index (κ3) is 42.3. The molecule has 0 amide bonds. The van der Waals surface area contributed by atoms with Crippen LogP contribution in [0.25, 0.3) is 0 Å². The van der Waals surface area contributed by atoms with Crippen LogP contribution in [0.15, 0.2) is 134 Å². The first kappa shape index (κ1) is 57.6. The smallest absolute Gasteiger partial charge is 0.472 e. The Labute approximate surface area is 372 Å². The summed E-state index contributed by atoms with van der Waals surface area (Å²) in [5, 5.41) is 8.90. The second-order valence-electron chi connectivity index (χ2n) is 14.1. The molecule has 0 rings (SSSR count). The zero-order valence-electron chi connectivity index (χ0n) is 37.4. The highest BCUT2D eigenvalue weighted by atomic mass is 31.2. The number of esters is 2. The van der Waals surface area contributed by atoms with E-state index in [9.17, 15) is 23.8 Å². The number of carbonyl (C=O) groups excluding carboxylic acids is 2. The van der Waals surface area contributed by atoms with Crippen molar-refractivity contribution in [3.8, 4) is 0 Å². The van der Waals surface area contributed by atoms with E-state index in [2.05, 4.69) is 134 Å². The molecule has 4 N–H and O–H groups in total. The Balaban J connectivity index is 4.57. The van der Waals surface area contributed by atoms with Gasteiger partial charge in [0.1, 0.15) is 12.6 Å². The van der Waals surface area contributed by atoms with E-state index in [-0.39, 0.29) is 12.8 Å². The first-order chi connectivity index (χ1) is 30.1. The van der Waals surface area contributed by atoms with Gasteiger partial charge < -0.3 is 25.2 Å². The van der Waals surface area contributed by atoms with Crippen LogP contribution in [0.5, 0.6) is 0 Å². The quantitative estimate of drug-likeness (QED) is 0.0232. The number of ether oxygens (including phenoxy) is 2. The molecule has 3 atom stereocenters. The van der Waals surface area contributed by atoms with Gasteiger partial charge in [0.25, 0.3) is 0 Å². The molecule has 0 saturated carbocycles. The molecule has 0 aromatic carbocycles. The molecule has 0 bridgehead atoms. The van der Waals surface area contributed by atoms with Gasteiger partial charge in [-0.3, -0.25) is 23.4 Å². The number of nitrogens with two attached hydrogens (primary N) is 1. The summed E-state index contributed by atoms with van der Waals surface area (Å²) in [6, 6.07) is -1.55. The fraction of sp³-hybridized carbons (Fsp3) is 0.500. The Morgan fingerprint density at radius 3 is 1.31 bits per heavy atom. The number of rotatable bonds is 39. The minimum absolute atomic E-state index is 0.0191. The van der Waals surface area contributed by atoms with Crippen molar-refractivity contribution in [2.24, 2.45) is 5.73 Å². The van der Waals surface area contributed by atoms with Crippen LogP contribution in [0, 0.1) is 0 Å². The summed E-state index contributed by atoms with van der Waals surface area (Å²) >= 11 is 0. The molecule has 0 fully saturated rings. The van der Waals surface area contributed by atoms with E-state index in [4.69, 9.17) is 24.8 Å². The molecule has 11 nitrogen and oxygen atoms in total. The number of aliphatic carboxylic acids is 1. The Morgan fingerprint density at radius 2 is 0.887 bits per heavy atom. The summed E-state index contributed by atoms with van der Waals surface area (Å²) in [6.45, 7) is 2.44. The molecule has 3 unspecified atom stereocenters. The lowest BCUT2D eigenvalue weighted by Crippen LogP contribution is -2.34. The zero-order valence-corrected chi connectivity index (χ0v) is 38.3. The van der Waals surface area contributed by atoms with Gasteiger partial charge in [-0.05, 0) is 96.3 Å². The number of phosphoric ester groups is 1. The van der Waals surface area contributed by atoms with Crippen LogP contribution in [-0.4, -0.2) is 59.9 Å². The Bertz CT molecular complexity index is 1550. The number of hydrogen-bond acceptors (Lipinski definition) is 9. The molecule has 0 heterocycles. The molecule has 62 heavy (non-hydrogen) atoms. The summed E-state index contributed by atoms with van der Waals surface area (Å²) < 4.78 is 32.6. The second kappa shape index (κ2) is 43.3. The first-order valence-corrected chi connectivity index (χ1v) is 23.7. The predicted molar refractivity (Wildman–Crippen MR) is 253 cm³/mol. The highest BCUT2D eigenvalue weighted by Crippen LogP contribution is 2.43. The fourth-order valence-corrected chi connectivity index (χ4v) is 5.78. The summed E-state index contributed by atoms with van der Waals surface area (Å²) in [6.07, 6.45) is 59.6. The van der Waals surface area contributed by atoms with E-state index >= 15 is 0 Å². The average molecular weight is 882 g/mol. The van der Waals surface area contributed by atoms with Crippen molar-refractivity contribution in [3.05, 3.63) is 134 Å². The van der Waals surface area contributed by atoms with E-state index < -0.39 is 57.7 Å². The number of hydrogen-bond donors (Lipinski definition) is 3. The monoisotopic (exact) mass is 882 g/mol. The number of carbonyl (C=O) groups is 3. The number of unbranched alkanes of at least 4 members (excludes halogenated alkanes) is 3. The molecule has 12 heteroatoms. The van der Waals surface area contributed by atoms with E-state index in [1.807, 2.05) is 18.2 Å². The third-order valence-corrected chi connectivity index (χ3v) is 9.36. The van der Waals surface area contributed by atoms with Crippen LogP contribution in [0.3, 0.4) is 0 Å². The molecule has 0 spiro atoms. The number of allylic oxidation sites excluding steroid dienone is 22. The second-order valence-corrected chi connectivity index (χ2v) is 15.5. The van der Waals surface area contributed by atoms with Crippen molar-refractivity contribution in [1.82, 2.24) is 0 Å². The van der Waals surface area contributed by atoms with Crippen molar-refractivity contribution in [1.29, 1.82) is 0 Å². The summed E-state index contributed by atoms with van der Waals surface area (Å²) in [5.74, 6) is -2.55. The van der Waals surface area contributed by atoms with Gasteiger partial charge in [0.15, 0.2) is 6.10 Å². The molecular formula is C50H76NO10P. The molecule has 0 aromatic heterocycles. The number of carboxylic acid groups (broad SMARTS) is 1. The Kier molecular flexibility index (Phi) is 40.2. The van der Waals surface area contributed by atoms with Crippen LogP contribution in [0.1, 0.15) is 129 Å². The average Bonchev–Trinajstić information content (AvgIpc) is 3.25. The maximum absolute atomic E-state index is 12.6. The lowest BCUT2D eigenvalue weighted by molar-refractivity contribution is -0.161. The standard InChI is InChI=1S/C50H76NO10P/c1-3-5-7-9-11-13-15-17-19-21-23-25-27-29-31-33-35-37-39-41-48(52)58-43-46(44-59-62(56,57)60-45-47(51)50(54)55)61-49(53)42-40-38-36-34-32-30-28-26-24-22-20-18-16-14-12-10-8-6-4-2/h5-8,11-14,17-20,23-26,29-32,36,38,46-47H,3-4,9-10,15-16,21-22,27-28,33-35,37,39-45,51H2,1-2H3,(H,54,55)(H,56,57)/b7-5-,8-6-,13-11-,14-12-,19-17-,20-18-,25-23-,26-24-,31-29-,32-30-,38-36-. The summed E-state index contributed by atoms with van der Waals surface area (Å²) in [4.78, 5) is 46.0. The number of phosphoric acid groups is 1. The van der Waals surface area contributed by atoms with Crippen LogP contribution in [0.2, 0.25) is 0 Å². The zero-order chi connectivity index (χ0) is 45.6. The van der Waals surface area contributed by atoms with Crippen LogP contribution >= 0.6 is 7.82 Å². The van der Waals surface area contributed by atoms with E-state index in [0.29, 0.717) is 19.3 Å². The fourth-order valence-electron chi connectivity index (χ4n) is 5.00. The molecule has 346 valence electrons. The minimum Gasteiger partial charge on any atom is -0.480 e. The molecule has 0 aliphatic heterocycles. The van der Waals surface area contributed by atoms with Gasteiger partial charge in [0, 0.05) is 12.8 Å². The van der Waals surface area contributed by atoms with Gasteiger partial charge in [-0.15, -0.1) is 0 Å².